The number of rotatable bonds is 10. The molecular formula is C23H35IN4O3. The van der Waals surface area contributed by atoms with E-state index in [1.807, 2.05) is 50.2 Å². The Hall–Kier alpha value is -1.78. The van der Waals surface area contributed by atoms with Crippen molar-refractivity contribution in [1.29, 1.82) is 0 Å². The van der Waals surface area contributed by atoms with Gasteiger partial charge in [0.1, 0.15) is 11.5 Å². The molecule has 8 heteroatoms. The van der Waals surface area contributed by atoms with E-state index in [9.17, 15) is 0 Å². The molecule has 1 aromatic heterocycles. The van der Waals surface area contributed by atoms with Gasteiger partial charge in [0.05, 0.1) is 25.6 Å². The van der Waals surface area contributed by atoms with Crippen molar-refractivity contribution < 1.29 is 13.9 Å². The Morgan fingerprint density at radius 2 is 1.94 bits per heavy atom. The molecule has 1 fully saturated rings. The highest BCUT2D eigenvalue weighted by Gasteiger charge is 2.09. The van der Waals surface area contributed by atoms with Crippen LogP contribution in [0.2, 0.25) is 0 Å². The molecule has 0 unspecified atom stereocenters. The van der Waals surface area contributed by atoms with Crippen LogP contribution >= 0.6 is 24.0 Å². The van der Waals surface area contributed by atoms with Crippen LogP contribution in [-0.2, 0) is 11.2 Å². The Balaban J connectivity index is 0.00000341. The van der Waals surface area contributed by atoms with E-state index in [2.05, 4.69) is 15.5 Å². The molecule has 0 amide bonds. The topological polar surface area (TPSA) is 71.3 Å². The molecule has 1 aliphatic heterocycles. The summed E-state index contributed by atoms with van der Waals surface area (Å²) in [6.07, 6.45) is 3.69. The van der Waals surface area contributed by atoms with Gasteiger partial charge in [0.2, 0.25) is 0 Å². The molecule has 0 radical (unpaired) electrons. The number of furan rings is 1. The van der Waals surface area contributed by atoms with Gasteiger partial charge in [0.25, 0.3) is 0 Å². The molecule has 0 saturated carbocycles. The fraction of sp³-hybridized carbons (Fsp3) is 0.522. The molecule has 2 N–H and O–H groups in total. The zero-order valence-electron chi connectivity index (χ0n) is 18.5. The van der Waals surface area contributed by atoms with Crippen LogP contribution in [0, 0.1) is 0 Å². The third-order valence-corrected chi connectivity index (χ3v) is 4.74. The SMILES string of the molecule is CC(C)Oc1ccc(NC(=NCCCN2CCOCC2)NCCc2ccco2)cc1.I. The summed E-state index contributed by atoms with van der Waals surface area (Å²) in [5.74, 6) is 2.61. The molecular weight excluding hydrogens is 507 g/mol. The van der Waals surface area contributed by atoms with Crippen molar-refractivity contribution in [3.8, 4) is 5.75 Å². The monoisotopic (exact) mass is 542 g/mol. The van der Waals surface area contributed by atoms with Crippen molar-refractivity contribution in [3.05, 3.63) is 48.4 Å². The van der Waals surface area contributed by atoms with Crippen molar-refractivity contribution in [2.45, 2.75) is 32.8 Å². The fourth-order valence-corrected chi connectivity index (χ4v) is 3.23. The fourth-order valence-electron chi connectivity index (χ4n) is 3.23. The first-order chi connectivity index (χ1) is 14.7. The summed E-state index contributed by atoms with van der Waals surface area (Å²) in [4.78, 5) is 7.20. The van der Waals surface area contributed by atoms with Crippen molar-refractivity contribution in [1.82, 2.24) is 10.2 Å². The molecule has 0 atom stereocenters. The normalized spacial score (nSPS) is 14.9. The number of morpholine rings is 1. The van der Waals surface area contributed by atoms with E-state index in [0.29, 0.717) is 0 Å². The first-order valence-corrected chi connectivity index (χ1v) is 10.8. The van der Waals surface area contributed by atoms with Crippen LogP contribution in [0.5, 0.6) is 5.75 Å². The number of guanidine groups is 1. The minimum Gasteiger partial charge on any atom is -0.491 e. The average Bonchev–Trinajstić information content (AvgIpc) is 3.26. The number of benzene rings is 1. The lowest BCUT2D eigenvalue weighted by atomic mass is 10.3. The van der Waals surface area contributed by atoms with Gasteiger partial charge < -0.3 is 24.5 Å². The summed E-state index contributed by atoms with van der Waals surface area (Å²) >= 11 is 0. The minimum absolute atomic E-state index is 0. The first kappa shape index (κ1) is 25.5. The van der Waals surface area contributed by atoms with E-state index in [-0.39, 0.29) is 30.1 Å². The molecule has 0 aliphatic carbocycles. The van der Waals surface area contributed by atoms with Gasteiger partial charge in [-0.1, -0.05) is 0 Å². The molecule has 0 spiro atoms. The summed E-state index contributed by atoms with van der Waals surface area (Å²) in [6, 6.07) is 11.9. The molecule has 3 rings (SSSR count). The van der Waals surface area contributed by atoms with Gasteiger partial charge in [-0.25, -0.2) is 0 Å². The quantitative estimate of drug-likeness (QED) is 0.205. The molecule has 1 aromatic carbocycles. The van der Waals surface area contributed by atoms with Crippen molar-refractivity contribution >= 4 is 35.6 Å². The highest BCUT2D eigenvalue weighted by atomic mass is 127. The molecule has 7 nitrogen and oxygen atoms in total. The number of halogens is 1. The Morgan fingerprint density at radius 1 is 1.16 bits per heavy atom. The van der Waals surface area contributed by atoms with Crippen LogP contribution < -0.4 is 15.4 Å². The maximum Gasteiger partial charge on any atom is 0.195 e. The lowest BCUT2D eigenvalue weighted by molar-refractivity contribution is 0.0377. The lowest BCUT2D eigenvalue weighted by Crippen LogP contribution is -2.37. The zero-order valence-corrected chi connectivity index (χ0v) is 20.8. The smallest absolute Gasteiger partial charge is 0.195 e. The van der Waals surface area contributed by atoms with Crippen LogP contribution in [-0.4, -0.2) is 62.9 Å². The predicted molar refractivity (Wildman–Crippen MR) is 136 cm³/mol. The van der Waals surface area contributed by atoms with Crippen molar-refractivity contribution in [3.63, 3.8) is 0 Å². The minimum atomic E-state index is 0. The van der Waals surface area contributed by atoms with Gasteiger partial charge in [-0.2, -0.15) is 0 Å². The second-order valence-corrected chi connectivity index (χ2v) is 7.61. The van der Waals surface area contributed by atoms with Crippen LogP contribution in [0.4, 0.5) is 5.69 Å². The van der Waals surface area contributed by atoms with Gasteiger partial charge in [0.15, 0.2) is 5.96 Å². The summed E-state index contributed by atoms with van der Waals surface area (Å²) in [5, 5.41) is 6.80. The number of anilines is 1. The average molecular weight is 542 g/mol. The van der Waals surface area contributed by atoms with Crippen LogP contribution in [0.3, 0.4) is 0 Å². The molecule has 31 heavy (non-hydrogen) atoms. The Labute approximate surface area is 202 Å². The summed E-state index contributed by atoms with van der Waals surface area (Å²) in [7, 11) is 0. The predicted octanol–water partition coefficient (Wildman–Crippen LogP) is 4.01. The summed E-state index contributed by atoms with van der Waals surface area (Å²) in [5.41, 5.74) is 0.975. The van der Waals surface area contributed by atoms with E-state index in [0.717, 1.165) is 81.9 Å². The Morgan fingerprint density at radius 3 is 2.61 bits per heavy atom. The highest BCUT2D eigenvalue weighted by Crippen LogP contribution is 2.16. The largest absolute Gasteiger partial charge is 0.491 e. The van der Waals surface area contributed by atoms with Crippen molar-refractivity contribution in [2.24, 2.45) is 4.99 Å². The first-order valence-electron chi connectivity index (χ1n) is 10.8. The summed E-state index contributed by atoms with van der Waals surface area (Å²) in [6.45, 7) is 10.3. The zero-order chi connectivity index (χ0) is 21.0. The van der Waals surface area contributed by atoms with Gasteiger partial charge in [-0.05, 0) is 56.7 Å². The van der Waals surface area contributed by atoms with Crippen LogP contribution in [0.1, 0.15) is 26.0 Å². The molecule has 2 aromatic rings. The van der Waals surface area contributed by atoms with Gasteiger partial charge in [-0.3, -0.25) is 9.89 Å². The second-order valence-electron chi connectivity index (χ2n) is 7.61. The second kappa shape index (κ2) is 14.3. The summed E-state index contributed by atoms with van der Waals surface area (Å²) < 4.78 is 16.5. The van der Waals surface area contributed by atoms with E-state index < -0.39 is 0 Å². The number of hydrogen-bond acceptors (Lipinski definition) is 5. The highest BCUT2D eigenvalue weighted by molar-refractivity contribution is 14.0. The van der Waals surface area contributed by atoms with E-state index >= 15 is 0 Å². The number of hydrogen-bond donors (Lipinski definition) is 2. The van der Waals surface area contributed by atoms with Crippen LogP contribution in [0.15, 0.2) is 52.1 Å². The Kier molecular flexibility index (Phi) is 11.8. The van der Waals surface area contributed by atoms with E-state index in [1.54, 1.807) is 6.26 Å². The number of nitrogens with one attached hydrogen (secondary N) is 2. The number of ether oxygens (including phenoxy) is 2. The maximum absolute atomic E-state index is 5.72. The lowest BCUT2D eigenvalue weighted by Gasteiger charge is -2.26. The molecule has 0 bridgehead atoms. The number of nitrogens with zero attached hydrogens (tertiary/aromatic N) is 2. The molecule has 1 saturated heterocycles. The van der Waals surface area contributed by atoms with Gasteiger partial charge >= 0.3 is 0 Å². The third-order valence-electron chi connectivity index (χ3n) is 4.74. The molecule has 2 heterocycles. The van der Waals surface area contributed by atoms with Crippen LogP contribution in [0.25, 0.3) is 0 Å². The van der Waals surface area contributed by atoms with Gasteiger partial charge in [0, 0.05) is 44.8 Å². The van der Waals surface area contributed by atoms with Crippen molar-refractivity contribution in [2.75, 3.05) is 51.3 Å². The maximum atomic E-state index is 5.72. The Bertz CT molecular complexity index is 745. The van der Waals surface area contributed by atoms with Gasteiger partial charge in [-0.15, -0.1) is 24.0 Å². The molecule has 172 valence electrons. The van der Waals surface area contributed by atoms with E-state index in [1.165, 1.54) is 0 Å². The number of aliphatic imine (C=N–C) groups is 1. The molecule has 1 aliphatic rings. The standard InChI is InChI=1S/C23H34N4O3.HI/c1-19(2)30-22-8-6-20(7-9-22)26-23(25-12-10-21-5-3-16-29-21)24-11-4-13-27-14-17-28-18-15-27;/h3,5-9,16,19H,4,10-15,17-18H2,1-2H3,(H2,24,25,26);1H. The van der Waals surface area contributed by atoms with E-state index in [4.69, 9.17) is 18.9 Å². The third kappa shape index (κ3) is 9.92.